The van der Waals surface area contributed by atoms with Gasteiger partial charge in [-0.1, -0.05) is 54.6 Å². The number of benzene rings is 1. The fourth-order valence-corrected chi connectivity index (χ4v) is 3.98. The van der Waals surface area contributed by atoms with Crippen LogP contribution < -0.4 is 11.3 Å². The fraction of sp³-hybridized carbons (Fsp3) is 0.600. The van der Waals surface area contributed by atoms with Crippen LogP contribution in [0.1, 0.15) is 50.6 Å². The van der Waals surface area contributed by atoms with Crippen molar-refractivity contribution in [1.82, 2.24) is 5.43 Å². The predicted octanol–water partition coefficient (Wildman–Crippen LogP) is 4.31. The first-order chi connectivity index (χ1) is 9.17. The highest BCUT2D eigenvalue weighted by Crippen LogP contribution is 2.41. The molecule has 3 atom stereocenters. The number of nitrogens with two attached hydrogens (primary N) is 1. The molecule has 0 amide bonds. The fourth-order valence-electron chi connectivity index (χ4n) is 3.38. The molecule has 3 unspecified atom stereocenters. The van der Waals surface area contributed by atoms with Crippen molar-refractivity contribution in [3.63, 3.8) is 0 Å². The van der Waals surface area contributed by atoms with Gasteiger partial charge in [0.2, 0.25) is 0 Å². The zero-order valence-electron chi connectivity index (χ0n) is 11.3. The summed E-state index contributed by atoms with van der Waals surface area (Å²) in [5, 5.41) is 0. The van der Waals surface area contributed by atoms with Crippen LogP contribution in [-0.4, -0.2) is 0 Å². The average molecular weight is 329 g/mol. The molecule has 1 aliphatic rings. The summed E-state index contributed by atoms with van der Waals surface area (Å²) in [7, 11) is 0. The summed E-state index contributed by atoms with van der Waals surface area (Å²) in [5.41, 5.74) is 4.02. The lowest BCUT2D eigenvalue weighted by Crippen LogP contribution is -2.38. The molecule has 0 radical (unpaired) electrons. The highest BCUT2D eigenvalue weighted by atomic mass is 79.9. The molecule has 19 heavy (non-hydrogen) atoms. The maximum Gasteiger partial charge on any atom is 0.124 e. The van der Waals surface area contributed by atoms with E-state index < -0.39 is 0 Å². The maximum atomic E-state index is 13.2. The molecule has 2 nitrogen and oxygen atoms in total. The van der Waals surface area contributed by atoms with Gasteiger partial charge in [-0.25, -0.2) is 4.39 Å². The quantitative estimate of drug-likeness (QED) is 0.638. The molecule has 1 saturated carbocycles. The maximum absolute atomic E-state index is 13.2. The Balaban J connectivity index is 2.27. The standard InChI is InChI=1S/C15H22BrFN2/c1-2-10-5-3-4-6-12(10)15(19-18)13-8-7-11(17)9-14(13)16/h7-10,12,15,19H,2-6,18H2,1H3. The van der Waals surface area contributed by atoms with Crippen LogP contribution in [0.5, 0.6) is 0 Å². The zero-order valence-corrected chi connectivity index (χ0v) is 12.9. The molecule has 0 aromatic heterocycles. The van der Waals surface area contributed by atoms with E-state index in [2.05, 4.69) is 28.3 Å². The Kier molecular flexibility index (Phi) is 5.37. The van der Waals surface area contributed by atoms with E-state index in [9.17, 15) is 4.39 Å². The van der Waals surface area contributed by atoms with Gasteiger partial charge >= 0.3 is 0 Å². The number of hydrogen-bond donors (Lipinski definition) is 2. The van der Waals surface area contributed by atoms with Gasteiger partial charge in [0.05, 0.1) is 6.04 Å². The Morgan fingerprint density at radius 3 is 2.79 bits per heavy atom. The second-order valence-corrected chi connectivity index (χ2v) is 6.28. The number of halogens is 2. The number of nitrogens with one attached hydrogen (secondary N) is 1. The molecular weight excluding hydrogens is 307 g/mol. The van der Waals surface area contributed by atoms with E-state index in [1.54, 1.807) is 0 Å². The van der Waals surface area contributed by atoms with Crippen LogP contribution in [0.2, 0.25) is 0 Å². The third-order valence-corrected chi connectivity index (χ3v) is 5.08. The molecule has 1 fully saturated rings. The van der Waals surface area contributed by atoms with Gasteiger partial charge in [-0.15, -0.1) is 0 Å². The molecular formula is C15H22BrFN2. The molecule has 106 valence electrons. The third kappa shape index (κ3) is 3.36. The normalized spacial score (nSPS) is 25.3. The summed E-state index contributed by atoms with van der Waals surface area (Å²) in [6.45, 7) is 2.25. The van der Waals surface area contributed by atoms with Crippen molar-refractivity contribution in [3.8, 4) is 0 Å². The van der Waals surface area contributed by atoms with E-state index in [1.807, 2.05) is 6.07 Å². The van der Waals surface area contributed by atoms with E-state index in [-0.39, 0.29) is 11.9 Å². The summed E-state index contributed by atoms with van der Waals surface area (Å²) in [4.78, 5) is 0. The minimum Gasteiger partial charge on any atom is -0.271 e. The Labute approximate surface area is 123 Å². The van der Waals surface area contributed by atoms with Crippen molar-refractivity contribution in [2.75, 3.05) is 0 Å². The van der Waals surface area contributed by atoms with Crippen molar-refractivity contribution in [2.45, 2.75) is 45.1 Å². The van der Waals surface area contributed by atoms with Crippen LogP contribution in [0.4, 0.5) is 4.39 Å². The van der Waals surface area contributed by atoms with Crippen molar-refractivity contribution < 1.29 is 4.39 Å². The molecule has 0 spiro atoms. The van der Waals surface area contributed by atoms with Gasteiger partial charge in [0.25, 0.3) is 0 Å². The Bertz CT molecular complexity index is 425. The summed E-state index contributed by atoms with van der Waals surface area (Å²) in [6, 6.07) is 4.96. The molecule has 0 bridgehead atoms. The monoisotopic (exact) mass is 328 g/mol. The first-order valence-corrected chi connectivity index (χ1v) is 7.87. The molecule has 3 N–H and O–H groups in total. The minimum atomic E-state index is -0.220. The molecule has 4 heteroatoms. The van der Waals surface area contributed by atoms with E-state index in [1.165, 1.54) is 44.2 Å². The van der Waals surface area contributed by atoms with Crippen LogP contribution in [0, 0.1) is 17.7 Å². The van der Waals surface area contributed by atoms with E-state index in [0.717, 1.165) is 10.0 Å². The second-order valence-electron chi connectivity index (χ2n) is 5.43. The van der Waals surface area contributed by atoms with Gasteiger partial charge in [0, 0.05) is 4.47 Å². The lowest BCUT2D eigenvalue weighted by Gasteiger charge is -2.37. The first-order valence-electron chi connectivity index (χ1n) is 7.08. The zero-order chi connectivity index (χ0) is 13.8. The smallest absolute Gasteiger partial charge is 0.124 e. The van der Waals surface area contributed by atoms with Crippen LogP contribution in [-0.2, 0) is 0 Å². The third-order valence-electron chi connectivity index (χ3n) is 4.40. The summed E-state index contributed by atoms with van der Waals surface area (Å²) in [6.07, 6.45) is 6.23. The van der Waals surface area contributed by atoms with Crippen molar-refractivity contribution in [2.24, 2.45) is 17.7 Å². The molecule has 0 saturated heterocycles. The Hall–Kier alpha value is -0.450. The number of hydrogen-bond acceptors (Lipinski definition) is 2. The van der Waals surface area contributed by atoms with E-state index in [0.29, 0.717) is 11.8 Å². The molecule has 0 aliphatic heterocycles. The summed E-state index contributed by atoms with van der Waals surface area (Å²) in [5.74, 6) is 6.81. The molecule has 2 rings (SSSR count). The Morgan fingerprint density at radius 1 is 1.42 bits per heavy atom. The lowest BCUT2D eigenvalue weighted by atomic mass is 9.72. The van der Waals surface area contributed by atoms with Crippen molar-refractivity contribution in [3.05, 3.63) is 34.1 Å². The average Bonchev–Trinajstić information content (AvgIpc) is 2.42. The molecule has 0 heterocycles. The largest absolute Gasteiger partial charge is 0.271 e. The summed E-state index contributed by atoms with van der Waals surface area (Å²) < 4.78 is 14.0. The van der Waals surface area contributed by atoms with Crippen molar-refractivity contribution >= 4 is 15.9 Å². The number of hydrazine groups is 1. The van der Waals surface area contributed by atoms with Crippen molar-refractivity contribution in [1.29, 1.82) is 0 Å². The topological polar surface area (TPSA) is 38.0 Å². The van der Waals surface area contributed by atoms with Crippen LogP contribution in [0.3, 0.4) is 0 Å². The molecule has 1 aromatic rings. The second kappa shape index (κ2) is 6.82. The highest BCUT2D eigenvalue weighted by Gasteiger charge is 2.32. The van der Waals surface area contributed by atoms with E-state index >= 15 is 0 Å². The van der Waals surface area contributed by atoms with Crippen LogP contribution in [0.25, 0.3) is 0 Å². The van der Waals surface area contributed by atoms with Gasteiger partial charge < -0.3 is 0 Å². The van der Waals surface area contributed by atoms with Gasteiger partial charge in [0.1, 0.15) is 5.82 Å². The van der Waals surface area contributed by atoms with Gasteiger partial charge in [-0.2, -0.15) is 0 Å². The van der Waals surface area contributed by atoms with Gasteiger partial charge in [-0.3, -0.25) is 11.3 Å². The Morgan fingerprint density at radius 2 is 2.16 bits per heavy atom. The summed E-state index contributed by atoms with van der Waals surface area (Å²) >= 11 is 3.46. The molecule has 1 aliphatic carbocycles. The highest BCUT2D eigenvalue weighted by molar-refractivity contribution is 9.10. The van der Waals surface area contributed by atoms with Gasteiger partial charge in [0.15, 0.2) is 0 Å². The minimum absolute atomic E-state index is 0.0974. The van der Waals surface area contributed by atoms with E-state index in [4.69, 9.17) is 5.84 Å². The SMILES string of the molecule is CCC1CCCCC1C(NN)c1ccc(F)cc1Br. The predicted molar refractivity (Wildman–Crippen MR) is 79.9 cm³/mol. The van der Waals surface area contributed by atoms with Crippen LogP contribution >= 0.6 is 15.9 Å². The first kappa shape index (κ1) is 14.9. The van der Waals surface area contributed by atoms with Gasteiger partial charge in [-0.05, 0) is 36.0 Å². The number of rotatable bonds is 4. The van der Waals surface area contributed by atoms with Crippen LogP contribution in [0.15, 0.2) is 22.7 Å². The lowest BCUT2D eigenvalue weighted by molar-refractivity contribution is 0.175. The molecule has 1 aromatic carbocycles.